The van der Waals surface area contributed by atoms with Gasteiger partial charge in [0.1, 0.15) is 5.54 Å². The quantitative estimate of drug-likeness (QED) is 0.881. The Hall–Kier alpha value is -1.88. The number of amides is 1. The maximum Gasteiger partial charge on any atom is 0.329 e. The molecule has 1 aliphatic heterocycles. The second-order valence-corrected chi connectivity index (χ2v) is 5.73. The number of piperidine rings is 1. The predicted octanol–water partition coefficient (Wildman–Crippen LogP) is 1.54. The number of carboxylic acids is 1. The molecule has 1 aliphatic rings. The largest absolute Gasteiger partial charge is 0.480 e. The van der Waals surface area contributed by atoms with Crippen molar-refractivity contribution in [3.63, 3.8) is 0 Å². The van der Waals surface area contributed by atoms with E-state index < -0.39 is 11.5 Å². The van der Waals surface area contributed by atoms with Crippen molar-refractivity contribution in [2.45, 2.75) is 44.7 Å². The van der Waals surface area contributed by atoms with Gasteiger partial charge in [0.2, 0.25) is 5.91 Å². The minimum absolute atomic E-state index is 0.138. The smallest absolute Gasteiger partial charge is 0.329 e. The topological polar surface area (TPSA) is 83.6 Å². The number of carbonyl (C=O) groups excluding carboxylic acids is 1. The summed E-state index contributed by atoms with van der Waals surface area (Å²) < 4.78 is 0. The highest BCUT2D eigenvalue weighted by Gasteiger charge is 2.43. The second-order valence-electron chi connectivity index (χ2n) is 5.73. The number of nitrogens with two attached hydrogens (primary N) is 1. The van der Waals surface area contributed by atoms with Gasteiger partial charge in [-0.1, -0.05) is 24.3 Å². The van der Waals surface area contributed by atoms with Crippen LogP contribution in [0.3, 0.4) is 0 Å². The predicted molar refractivity (Wildman–Crippen MR) is 79.6 cm³/mol. The van der Waals surface area contributed by atoms with Gasteiger partial charge in [-0.25, -0.2) is 4.79 Å². The van der Waals surface area contributed by atoms with E-state index >= 15 is 0 Å². The summed E-state index contributed by atoms with van der Waals surface area (Å²) >= 11 is 0. The van der Waals surface area contributed by atoms with Gasteiger partial charge in [-0.2, -0.15) is 0 Å². The first-order valence-corrected chi connectivity index (χ1v) is 7.30. The number of hydrogen-bond acceptors (Lipinski definition) is 3. The van der Waals surface area contributed by atoms with E-state index in [1.165, 1.54) is 4.90 Å². The molecule has 5 nitrogen and oxygen atoms in total. The van der Waals surface area contributed by atoms with Gasteiger partial charge in [0.25, 0.3) is 0 Å². The molecule has 1 unspecified atom stereocenters. The van der Waals surface area contributed by atoms with Crippen molar-refractivity contribution in [2.24, 2.45) is 5.73 Å². The Morgan fingerprint density at radius 3 is 2.57 bits per heavy atom. The molecule has 21 heavy (non-hydrogen) atoms. The molecule has 2 rings (SSSR count). The van der Waals surface area contributed by atoms with Crippen LogP contribution in [0.1, 0.15) is 37.3 Å². The first-order valence-electron chi connectivity index (χ1n) is 7.30. The molecule has 0 spiro atoms. The van der Waals surface area contributed by atoms with Crippen molar-refractivity contribution in [1.82, 2.24) is 4.90 Å². The van der Waals surface area contributed by atoms with E-state index in [1.54, 1.807) is 6.92 Å². The molecule has 1 aromatic rings. The molecule has 0 aromatic heterocycles. The SMILES string of the molecule is CC1(C(=O)O)CCCCN1C(=O)Cc1ccccc1CN. The molecule has 1 fully saturated rings. The van der Waals surface area contributed by atoms with Gasteiger partial charge in [-0.15, -0.1) is 0 Å². The third kappa shape index (κ3) is 3.08. The molecule has 0 bridgehead atoms. The molecule has 0 aliphatic carbocycles. The van der Waals surface area contributed by atoms with Crippen molar-refractivity contribution >= 4 is 11.9 Å². The van der Waals surface area contributed by atoms with E-state index in [0.717, 1.165) is 24.0 Å². The van der Waals surface area contributed by atoms with Gasteiger partial charge >= 0.3 is 5.97 Å². The molecule has 1 aromatic carbocycles. The Morgan fingerprint density at radius 1 is 1.29 bits per heavy atom. The number of carbonyl (C=O) groups is 2. The van der Waals surface area contributed by atoms with Crippen LogP contribution in [-0.2, 0) is 22.6 Å². The highest BCUT2D eigenvalue weighted by molar-refractivity contribution is 5.88. The van der Waals surface area contributed by atoms with Gasteiger partial charge in [0.05, 0.1) is 6.42 Å². The monoisotopic (exact) mass is 290 g/mol. The molecule has 1 saturated heterocycles. The fourth-order valence-corrected chi connectivity index (χ4v) is 2.93. The molecule has 0 saturated carbocycles. The number of nitrogens with zero attached hydrogens (tertiary/aromatic N) is 1. The van der Waals surface area contributed by atoms with E-state index in [-0.39, 0.29) is 12.3 Å². The lowest BCUT2D eigenvalue weighted by Gasteiger charge is -2.41. The summed E-state index contributed by atoms with van der Waals surface area (Å²) in [4.78, 5) is 25.7. The van der Waals surface area contributed by atoms with Crippen LogP contribution in [-0.4, -0.2) is 34.0 Å². The lowest BCUT2D eigenvalue weighted by molar-refractivity contribution is -0.160. The minimum atomic E-state index is -1.09. The molecule has 0 radical (unpaired) electrons. The maximum absolute atomic E-state index is 12.6. The van der Waals surface area contributed by atoms with Crippen molar-refractivity contribution < 1.29 is 14.7 Å². The van der Waals surface area contributed by atoms with Crippen LogP contribution in [0.2, 0.25) is 0 Å². The molecular formula is C16H22N2O3. The van der Waals surface area contributed by atoms with Crippen molar-refractivity contribution in [3.8, 4) is 0 Å². The van der Waals surface area contributed by atoms with Crippen LogP contribution in [0.15, 0.2) is 24.3 Å². The molecule has 114 valence electrons. The zero-order valence-corrected chi connectivity index (χ0v) is 12.3. The first-order chi connectivity index (χ1) is 9.99. The molecule has 5 heteroatoms. The van der Waals surface area contributed by atoms with E-state index in [9.17, 15) is 14.7 Å². The third-order valence-electron chi connectivity index (χ3n) is 4.33. The third-order valence-corrected chi connectivity index (χ3v) is 4.33. The summed E-state index contributed by atoms with van der Waals surface area (Å²) in [5, 5.41) is 9.47. The minimum Gasteiger partial charge on any atom is -0.480 e. The van der Waals surface area contributed by atoms with Gasteiger partial charge in [-0.3, -0.25) is 4.79 Å². The van der Waals surface area contributed by atoms with Crippen LogP contribution in [0, 0.1) is 0 Å². The maximum atomic E-state index is 12.6. The number of benzene rings is 1. The normalized spacial score (nSPS) is 22.1. The van der Waals surface area contributed by atoms with Crippen LogP contribution in [0.25, 0.3) is 0 Å². The Morgan fingerprint density at radius 2 is 1.95 bits per heavy atom. The number of rotatable bonds is 4. The summed E-state index contributed by atoms with van der Waals surface area (Å²) in [5.74, 6) is -1.07. The standard InChI is InChI=1S/C16H22N2O3/c1-16(15(20)21)8-4-5-9-18(16)14(19)10-12-6-2-3-7-13(12)11-17/h2-3,6-7H,4-5,8-11,17H2,1H3,(H,20,21). The summed E-state index contributed by atoms with van der Waals surface area (Å²) in [6.07, 6.45) is 2.40. The number of hydrogen-bond donors (Lipinski definition) is 2. The Labute approximate surface area is 124 Å². The van der Waals surface area contributed by atoms with E-state index in [4.69, 9.17) is 5.73 Å². The molecule has 1 heterocycles. The Bertz CT molecular complexity index is 544. The van der Waals surface area contributed by atoms with Gasteiger partial charge in [-0.05, 0) is 37.3 Å². The Kier molecular flexibility index (Phi) is 4.63. The van der Waals surface area contributed by atoms with Crippen LogP contribution in [0.5, 0.6) is 0 Å². The van der Waals surface area contributed by atoms with Crippen LogP contribution < -0.4 is 5.73 Å². The summed E-state index contributed by atoms with van der Waals surface area (Å²) in [6.45, 7) is 2.52. The highest BCUT2D eigenvalue weighted by atomic mass is 16.4. The number of likely N-dealkylation sites (tertiary alicyclic amines) is 1. The highest BCUT2D eigenvalue weighted by Crippen LogP contribution is 2.29. The average molecular weight is 290 g/mol. The summed E-state index contributed by atoms with van der Waals surface area (Å²) in [5.41, 5.74) is 6.41. The Balaban J connectivity index is 2.20. The van der Waals surface area contributed by atoms with Crippen molar-refractivity contribution in [2.75, 3.05) is 6.54 Å². The fraction of sp³-hybridized carbons (Fsp3) is 0.500. The van der Waals surface area contributed by atoms with E-state index in [2.05, 4.69) is 0 Å². The zero-order valence-electron chi connectivity index (χ0n) is 12.3. The second kappa shape index (κ2) is 6.26. The molecule has 1 amide bonds. The summed E-state index contributed by atoms with van der Waals surface area (Å²) in [7, 11) is 0. The van der Waals surface area contributed by atoms with Gasteiger partial charge in [0, 0.05) is 13.1 Å². The van der Waals surface area contributed by atoms with Crippen LogP contribution >= 0.6 is 0 Å². The van der Waals surface area contributed by atoms with Gasteiger partial charge in [0.15, 0.2) is 0 Å². The lowest BCUT2D eigenvalue weighted by atomic mass is 9.87. The average Bonchev–Trinajstić information content (AvgIpc) is 2.48. The van der Waals surface area contributed by atoms with Crippen molar-refractivity contribution in [1.29, 1.82) is 0 Å². The fourth-order valence-electron chi connectivity index (χ4n) is 2.93. The van der Waals surface area contributed by atoms with E-state index in [1.807, 2.05) is 24.3 Å². The van der Waals surface area contributed by atoms with Gasteiger partial charge < -0.3 is 15.7 Å². The molecule has 3 N–H and O–H groups in total. The zero-order chi connectivity index (χ0) is 15.5. The lowest BCUT2D eigenvalue weighted by Crippen LogP contribution is -2.57. The summed E-state index contributed by atoms with van der Waals surface area (Å²) in [6, 6.07) is 7.53. The number of carboxylic acid groups (broad SMARTS) is 1. The number of aliphatic carboxylic acids is 1. The molecular weight excluding hydrogens is 268 g/mol. The van der Waals surface area contributed by atoms with E-state index in [0.29, 0.717) is 19.5 Å². The van der Waals surface area contributed by atoms with Crippen LogP contribution in [0.4, 0.5) is 0 Å². The first kappa shape index (κ1) is 15.5. The van der Waals surface area contributed by atoms with Crippen molar-refractivity contribution in [3.05, 3.63) is 35.4 Å². The molecule has 1 atom stereocenters.